The molecule has 4 nitrogen and oxygen atoms in total. The van der Waals surface area contributed by atoms with Crippen molar-refractivity contribution in [2.45, 2.75) is 25.8 Å². The van der Waals surface area contributed by atoms with E-state index in [4.69, 9.17) is 5.73 Å². The van der Waals surface area contributed by atoms with Gasteiger partial charge in [-0.2, -0.15) is 0 Å². The molecule has 0 fully saturated rings. The van der Waals surface area contributed by atoms with E-state index in [1.807, 2.05) is 12.3 Å². The minimum Gasteiger partial charge on any atom is -0.373 e. The summed E-state index contributed by atoms with van der Waals surface area (Å²) in [7, 11) is 6.30. The molecule has 0 radical (unpaired) electrons. The number of hydrogen-bond donors (Lipinski definition) is 1. The van der Waals surface area contributed by atoms with E-state index in [9.17, 15) is 0 Å². The van der Waals surface area contributed by atoms with E-state index in [2.05, 4.69) is 48.9 Å². The Kier molecular flexibility index (Phi) is 6.09. The average Bonchev–Trinajstić information content (AvgIpc) is 2.37. The molecule has 0 spiro atoms. The van der Waals surface area contributed by atoms with Crippen molar-refractivity contribution in [1.82, 2.24) is 9.88 Å². The predicted octanol–water partition coefficient (Wildman–Crippen LogP) is 1.88. The lowest BCUT2D eigenvalue weighted by Gasteiger charge is -2.20. The van der Waals surface area contributed by atoms with Crippen molar-refractivity contribution in [2.24, 2.45) is 5.73 Å². The molecule has 1 rings (SSSR count). The standard InChI is InChI=1S/C14H26N4/c1-5-13(15)14-8-7-12(11-16-14)18(4)10-6-9-17(2)3/h7-8,11,13H,5-6,9-10,15H2,1-4H3/t13-/m0/s1. The molecular formula is C14H26N4. The van der Waals surface area contributed by atoms with E-state index in [1.165, 1.54) is 0 Å². The quantitative estimate of drug-likeness (QED) is 0.802. The van der Waals surface area contributed by atoms with Crippen LogP contribution in [0, 0.1) is 0 Å². The van der Waals surface area contributed by atoms with Crippen molar-refractivity contribution in [1.29, 1.82) is 0 Å². The Labute approximate surface area is 111 Å². The van der Waals surface area contributed by atoms with Crippen LogP contribution >= 0.6 is 0 Å². The van der Waals surface area contributed by atoms with Gasteiger partial charge in [-0.15, -0.1) is 0 Å². The van der Waals surface area contributed by atoms with Gasteiger partial charge < -0.3 is 15.5 Å². The smallest absolute Gasteiger partial charge is 0.0572 e. The molecule has 0 aliphatic carbocycles. The normalized spacial score (nSPS) is 12.8. The van der Waals surface area contributed by atoms with Crippen molar-refractivity contribution in [3.8, 4) is 0 Å². The third-order valence-electron chi connectivity index (χ3n) is 3.13. The number of hydrogen-bond acceptors (Lipinski definition) is 4. The summed E-state index contributed by atoms with van der Waals surface area (Å²) in [6.45, 7) is 4.23. The maximum atomic E-state index is 5.95. The molecule has 4 heteroatoms. The second-order valence-corrected chi connectivity index (χ2v) is 5.03. The van der Waals surface area contributed by atoms with Gasteiger partial charge in [0, 0.05) is 19.6 Å². The minimum absolute atomic E-state index is 0.0538. The third-order valence-corrected chi connectivity index (χ3v) is 3.13. The molecule has 0 saturated carbocycles. The predicted molar refractivity (Wildman–Crippen MR) is 77.9 cm³/mol. The van der Waals surface area contributed by atoms with Gasteiger partial charge >= 0.3 is 0 Å². The average molecular weight is 250 g/mol. The number of rotatable bonds is 7. The van der Waals surface area contributed by atoms with E-state index < -0.39 is 0 Å². The van der Waals surface area contributed by atoms with Crippen LogP contribution in [0.3, 0.4) is 0 Å². The van der Waals surface area contributed by atoms with Crippen molar-refractivity contribution >= 4 is 5.69 Å². The second kappa shape index (κ2) is 7.34. The van der Waals surface area contributed by atoms with E-state index >= 15 is 0 Å². The molecular weight excluding hydrogens is 224 g/mol. The summed E-state index contributed by atoms with van der Waals surface area (Å²) in [5.74, 6) is 0. The SMILES string of the molecule is CC[C@H](N)c1ccc(N(C)CCCN(C)C)cn1. The Bertz CT molecular complexity index is 334. The van der Waals surface area contributed by atoms with E-state index in [1.54, 1.807) is 0 Å². The van der Waals surface area contributed by atoms with Gasteiger partial charge in [-0.25, -0.2) is 0 Å². The summed E-state index contributed by atoms with van der Waals surface area (Å²) in [6.07, 6.45) is 3.99. The van der Waals surface area contributed by atoms with Gasteiger partial charge in [0.1, 0.15) is 0 Å². The van der Waals surface area contributed by atoms with E-state index in [-0.39, 0.29) is 6.04 Å². The van der Waals surface area contributed by atoms with Gasteiger partial charge in [-0.3, -0.25) is 4.98 Å². The fourth-order valence-electron chi connectivity index (χ4n) is 1.80. The summed E-state index contributed by atoms with van der Waals surface area (Å²) in [6, 6.07) is 4.19. The lowest BCUT2D eigenvalue weighted by molar-refractivity contribution is 0.401. The van der Waals surface area contributed by atoms with Crippen LogP contribution in [-0.2, 0) is 0 Å². The lowest BCUT2D eigenvalue weighted by atomic mass is 10.1. The zero-order valence-electron chi connectivity index (χ0n) is 12.1. The Morgan fingerprint density at radius 2 is 1.94 bits per heavy atom. The van der Waals surface area contributed by atoms with Crippen LogP contribution in [-0.4, -0.2) is 44.1 Å². The summed E-state index contributed by atoms with van der Waals surface area (Å²) in [5.41, 5.74) is 8.08. The molecule has 1 heterocycles. The van der Waals surface area contributed by atoms with Gasteiger partial charge in [0.15, 0.2) is 0 Å². The van der Waals surface area contributed by atoms with Gasteiger partial charge in [-0.05, 0) is 45.6 Å². The maximum Gasteiger partial charge on any atom is 0.0572 e. The molecule has 1 aromatic rings. The molecule has 1 aromatic heterocycles. The highest BCUT2D eigenvalue weighted by molar-refractivity contribution is 5.43. The summed E-state index contributed by atoms with van der Waals surface area (Å²) < 4.78 is 0. The first-order valence-electron chi connectivity index (χ1n) is 6.62. The van der Waals surface area contributed by atoms with Crippen LogP contribution < -0.4 is 10.6 Å². The molecule has 0 unspecified atom stereocenters. The number of aromatic nitrogens is 1. The first-order valence-corrected chi connectivity index (χ1v) is 6.62. The van der Waals surface area contributed by atoms with Gasteiger partial charge in [0.25, 0.3) is 0 Å². The van der Waals surface area contributed by atoms with Gasteiger partial charge in [0.05, 0.1) is 17.6 Å². The zero-order valence-corrected chi connectivity index (χ0v) is 12.1. The molecule has 0 amide bonds. The zero-order chi connectivity index (χ0) is 13.5. The first kappa shape index (κ1) is 14.9. The summed E-state index contributed by atoms with van der Waals surface area (Å²) in [4.78, 5) is 8.87. The van der Waals surface area contributed by atoms with Crippen molar-refractivity contribution in [2.75, 3.05) is 39.1 Å². The van der Waals surface area contributed by atoms with Crippen LogP contribution in [0.5, 0.6) is 0 Å². The molecule has 0 aliphatic heterocycles. The van der Waals surface area contributed by atoms with Crippen molar-refractivity contribution < 1.29 is 0 Å². The lowest BCUT2D eigenvalue weighted by Crippen LogP contribution is -2.23. The largest absolute Gasteiger partial charge is 0.373 e. The second-order valence-electron chi connectivity index (χ2n) is 5.03. The number of anilines is 1. The molecule has 1 atom stereocenters. The molecule has 0 aliphatic rings. The van der Waals surface area contributed by atoms with Crippen LogP contribution in [0.2, 0.25) is 0 Å². The van der Waals surface area contributed by atoms with E-state index in [0.717, 1.165) is 37.3 Å². The van der Waals surface area contributed by atoms with Gasteiger partial charge in [0.2, 0.25) is 0 Å². The Balaban J connectivity index is 2.51. The highest BCUT2D eigenvalue weighted by atomic mass is 15.1. The highest BCUT2D eigenvalue weighted by Gasteiger charge is 2.06. The Hall–Kier alpha value is -1.13. The number of nitrogens with two attached hydrogens (primary N) is 1. The Morgan fingerprint density at radius 3 is 2.44 bits per heavy atom. The topological polar surface area (TPSA) is 45.4 Å². The van der Waals surface area contributed by atoms with Crippen molar-refractivity contribution in [3.05, 3.63) is 24.0 Å². The van der Waals surface area contributed by atoms with Crippen LogP contribution in [0.25, 0.3) is 0 Å². The van der Waals surface area contributed by atoms with Gasteiger partial charge in [-0.1, -0.05) is 6.92 Å². The maximum absolute atomic E-state index is 5.95. The molecule has 0 bridgehead atoms. The summed E-state index contributed by atoms with van der Waals surface area (Å²) >= 11 is 0. The molecule has 0 saturated heterocycles. The molecule has 0 aromatic carbocycles. The fourth-order valence-corrected chi connectivity index (χ4v) is 1.80. The van der Waals surface area contributed by atoms with Crippen molar-refractivity contribution in [3.63, 3.8) is 0 Å². The fraction of sp³-hybridized carbons (Fsp3) is 0.643. The summed E-state index contributed by atoms with van der Waals surface area (Å²) in [5, 5.41) is 0. The molecule has 102 valence electrons. The monoisotopic (exact) mass is 250 g/mol. The molecule has 2 N–H and O–H groups in total. The first-order chi connectivity index (χ1) is 8.54. The number of pyridine rings is 1. The van der Waals surface area contributed by atoms with Crippen LogP contribution in [0.1, 0.15) is 31.5 Å². The molecule has 18 heavy (non-hydrogen) atoms. The van der Waals surface area contributed by atoms with Crippen LogP contribution in [0.4, 0.5) is 5.69 Å². The van der Waals surface area contributed by atoms with Crippen LogP contribution in [0.15, 0.2) is 18.3 Å². The highest BCUT2D eigenvalue weighted by Crippen LogP contribution is 2.16. The van der Waals surface area contributed by atoms with E-state index in [0.29, 0.717) is 0 Å². The third kappa shape index (κ3) is 4.63. The number of nitrogens with zero attached hydrogens (tertiary/aromatic N) is 3. The Morgan fingerprint density at radius 1 is 1.22 bits per heavy atom. The minimum atomic E-state index is 0.0538.